The van der Waals surface area contributed by atoms with Crippen LogP contribution in [-0.4, -0.2) is 34.5 Å². The molecule has 2 aliphatic rings. The number of carbonyl (C=O) groups is 2. The summed E-state index contributed by atoms with van der Waals surface area (Å²) in [5.41, 5.74) is 0.0950. The van der Waals surface area contributed by atoms with Crippen molar-refractivity contribution >= 4 is 11.6 Å². The average Bonchev–Trinajstić information content (AvgIpc) is 2.57. The van der Waals surface area contributed by atoms with Crippen molar-refractivity contribution in [1.82, 2.24) is 10.6 Å². The maximum atomic E-state index is 11.6. The van der Waals surface area contributed by atoms with Crippen LogP contribution in [0, 0.1) is 20.2 Å². The summed E-state index contributed by atoms with van der Waals surface area (Å²) in [5, 5.41) is 27.9. The van der Waals surface area contributed by atoms with Gasteiger partial charge in [-0.2, -0.15) is 0 Å². The van der Waals surface area contributed by atoms with Gasteiger partial charge in [0.15, 0.2) is 0 Å². The van der Waals surface area contributed by atoms with Crippen LogP contribution < -0.4 is 10.6 Å². The number of Topliss-reactive ketones (excluding diaryl/α,β-unsaturated/α-hetero) is 2. The third kappa shape index (κ3) is 4.87. The van der Waals surface area contributed by atoms with Crippen molar-refractivity contribution in [3.63, 3.8) is 0 Å². The molecule has 0 bridgehead atoms. The molecule has 0 saturated carbocycles. The lowest BCUT2D eigenvalue weighted by Gasteiger charge is -2.16. The Morgan fingerprint density at radius 2 is 1.12 bits per heavy atom. The highest BCUT2D eigenvalue weighted by Gasteiger charge is 2.31. The second kappa shape index (κ2) is 9.07. The van der Waals surface area contributed by atoms with Gasteiger partial charge in [0, 0.05) is 25.9 Å². The number of hydrogen-bond donors (Lipinski definition) is 2. The largest absolute Gasteiger partial charge is 0.383 e. The zero-order chi connectivity index (χ0) is 19.1. The van der Waals surface area contributed by atoms with E-state index in [9.17, 15) is 29.8 Å². The van der Waals surface area contributed by atoms with Gasteiger partial charge in [-0.3, -0.25) is 29.8 Å². The molecule has 10 heteroatoms. The van der Waals surface area contributed by atoms with Gasteiger partial charge in [-0.25, -0.2) is 0 Å². The Kier molecular flexibility index (Phi) is 6.81. The molecule has 0 spiro atoms. The predicted octanol–water partition coefficient (Wildman–Crippen LogP) is 1.43. The molecule has 26 heavy (non-hydrogen) atoms. The number of nitrogens with one attached hydrogen (secondary N) is 2. The molecular formula is C16H22N4O6. The van der Waals surface area contributed by atoms with Gasteiger partial charge in [-0.1, -0.05) is 0 Å². The first-order valence-electron chi connectivity index (χ1n) is 8.71. The van der Waals surface area contributed by atoms with E-state index in [2.05, 4.69) is 10.6 Å². The van der Waals surface area contributed by atoms with Gasteiger partial charge in [0.2, 0.25) is 11.6 Å². The first kappa shape index (κ1) is 19.5. The average molecular weight is 366 g/mol. The van der Waals surface area contributed by atoms with Crippen molar-refractivity contribution in [2.24, 2.45) is 0 Å². The number of allylic oxidation sites excluding steroid dienone is 4. The number of ketones is 2. The van der Waals surface area contributed by atoms with Crippen LogP contribution in [0.3, 0.4) is 0 Å². The molecule has 2 N–H and O–H groups in total. The number of carbonyl (C=O) groups excluding carboxylic acids is 2. The van der Waals surface area contributed by atoms with E-state index < -0.39 is 21.4 Å². The summed E-state index contributed by atoms with van der Waals surface area (Å²) in [6, 6.07) is 0. The Morgan fingerprint density at radius 1 is 0.731 bits per heavy atom. The maximum absolute atomic E-state index is 11.6. The smallest absolute Gasteiger partial charge is 0.330 e. The van der Waals surface area contributed by atoms with Crippen molar-refractivity contribution in [3.8, 4) is 0 Å². The third-order valence-corrected chi connectivity index (χ3v) is 4.41. The van der Waals surface area contributed by atoms with E-state index in [1.807, 2.05) is 0 Å². The third-order valence-electron chi connectivity index (χ3n) is 4.41. The number of nitrogens with zero attached hydrogens (tertiary/aromatic N) is 2. The van der Waals surface area contributed by atoms with Crippen LogP contribution in [0.4, 0.5) is 0 Å². The maximum Gasteiger partial charge on any atom is 0.330 e. The van der Waals surface area contributed by atoms with Crippen LogP contribution in [-0.2, 0) is 9.59 Å². The van der Waals surface area contributed by atoms with Gasteiger partial charge in [-0.15, -0.1) is 0 Å². The highest BCUT2D eigenvalue weighted by molar-refractivity contribution is 5.94. The molecule has 10 nitrogen and oxygen atoms in total. The summed E-state index contributed by atoms with van der Waals surface area (Å²) in [4.78, 5) is 44.0. The number of hydrogen-bond acceptors (Lipinski definition) is 8. The van der Waals surface area contributed by atoms with Gasteiger partial charge >= 0.3 is 11.4 Å². The predicted molar refractivity (Wildman–Crippen MR) is 91.0 cm³/mol. The number of unbranched alkanes of at least 4 members (excludes halogenated alkanes) is 1. The van der Waals surface area contributed by atoms with Crippen molar-refractivity contribution in [3.05, 3.63) is 43.0 Å². The van der Waals surface area contributed by atoms with E-state index in [4.69, 9.17) is 0 Å². The first-order valence-corrected chi connectivity index (χ1v) is 8.71. The van der Waals surface area contributed by atoms with Gasteiger partial charge in [0.05, 0.1) is 21.2 Å². The Bertz CT molecular complexity index is 624. The second-order valence-electron chi connectivity index (χ2n) is 6.28. The highest BCUT2D eigenvalue weighted by atomic mass is 16.6. The van der Waals surface area contributed by atoms with Gasteiger partial charge in [0.1, 0.15) is 0 Å². The molecule has 0 aromatic rings. The van der Waals surface area contributed by atoms with E-state index in [-0.39, 0.29) is 24.2 Å². The number of nitro groups is 2. The van der Waals surface area contributed by atoms with Crippen LogP contribution in [0.1, 0.15) is 51.4 Å². The minimum Gasteiger partial charge on any atom is -0.383 e. The van der Waals surface area contributed by atoms with E-state index in [0.29, 0.717) is 63.0 Å². The van der Waals surface area contributed by atoms with Crippen molar-refractivity contribution in [1.29, 1.82) is 0 Å². The van der Waals surface area contributed by atoms with Crippen LogP contribution in [0.15, 0.2) is 22.8 Å². The summed E-state index contributed by atoms with van der Waals surface area (Å²) >= 11 is 0. The van der Waals surface area contributed by atoms with E-state index in [1.54, 1.807) is 0 Å². The van der Waals surface area contributed by atoms with Crippen LogP contribution in [0.2, 0.25) is 0 Å². The molecule has 0 heterocycles. The molecule has 0 amide bonds. The van der Waals surface area contributed by atoms with Gasteiger partial charge in [-0.05, 0) is 38.5 Å². The van der Waals surface area contributed by atoms with Crippen LogP contribution in [0.5, 0.6) is 0 Å². The van der Waals surface area contributed by atoms with Gasteiger partial charge in [0.25, 0.3) is 0 Å². The Morgan fingerprint density at radius 3 is 1.46 bits per heavy atom. The van der Waals surface area contributed by atoms with Crippen LogP contribution in [0.25, 0.3) is 0 Å². The molecule has 0 fully saturated rings. The topological polar surface area (TPSA) is 144 Å². The Hall–Kier alpha value is -2.78. The molecule has 2 rings (SSSR count). The Labute approximate surface area is 150 Å². The molecule has 0 saturated heterocycles. The highest BCUT2D eigenvalue weighted by Crippen LogP contribution is 2.21. The summed E-state index contributed by atoms with van der Waals surface area (Å²) in [7, 11) is 0. The van der Waals surface area contributed by atoms with Crippen molar-refractivity contribution in [2.75, 3.05) is 13.1 Å². The van der Waals surface area contributed by atoms with E-state index >= 15 is 0 Å². The standard InChI is InChI=1S/C16H22N4O6/c21-13-7-3-5-11(15(13)19(23)24)17-9-1-2-10-18-12-6-4-8-14(22)16(12)20(25)26/h17-18H,1-10H2. The first-order chi connectivity index (χ1) is 12.4. The lowest BCUT2D eigenvalue weighted by Crippen LogP contribution is -2.28. The molecule has 0 atom stereocenters. The summed E-state index contributed by atoms with van der Waals surface area (Å²) in [6.07, 6.45) is 3.94. The summed E-state index contributed by atoms with van der Waals surface area (Å²) in [5.74, 6) is -0.877. The van der Waals surface area contributed by atoms with E-state index in [0.717, 1.165) is 0 Å². The normalized spacial score (nSPS) is 18.2. The minimum atomic E-state index is -0.628. The lowest BCUT2D eigenvalue weighted by atomic mass is 10.00. The fourth-order valence-electron chi connectivity index (χ4n) is 3.16. The molecule has 0 aliphatic heterocycles. The van der Waals surface area contributed by atoms with Crippen molar-refractivity contribution in [2.45, 2.75) is 51.4 Å². The van der Waals surface area contributed by atoms with Crippen LogP contribution >= 0.6 is 0 Å². The minimum absolute atomic E-state index is 0.206. The zero-order valence-electron chi connectivity index (χ0n) is 14.4. The molecular weight excluding hydrogens is 344 g/mol. The zero-order valence-corrected chi connectivity index (χ0v) is 14.4. The lowest BCUT2D eigenvalue weighted by molar-refractivity contribution is -0.421. The second-order valence-corrected chi connectivity index (χ2v) is 6.28. The molecule has 0 aromatic heterocycles. The SMILES string of the molecule is O=C1CCCC(NCCCCNC2=C([N+](=O)[O-])C(=O)CCC2)=C1[N+](=O)[O-]. The summed E-state index contributed by atoms with van der Waals surface area (Å²) in [6.45, 7) is 0.948. The number of rotatable bonds is 9. The molecule has 2 aliphatic carbocycles. The van der Waals surface area contributed by atoms with E-state index in [1.165, 1.54) is 0 Å². The fraction of sp³-hybridized carbons (Fsp3) is 0.625. The molecule has 0 unspecified atom stereocenters. The fourth-order valence-corrected chi connectivity index (χ4v) is 3.16. The quantitative estimate of drug-likeness (QED) is 0.354. The molecule has 142 valence electrons. The Balaban J connectivity index is 1.79. The van der Waals surface area contributed by atoms with Crippen molar-refractivity contribution < 1.29 is 19.4 Å². The summed E-state index contributed by atoms with van der Waals surface area (Å²) < 4.78 is 0. The monoisotopic (exact) mass is 366 g/mol. The molecule has 0 aromatic carbocycles. The molecule has 0 radical (unpaired) electrons. The van der Waals surface area contributed by atoms with Gasteiger partial charge < -0.3 is 10.6 Å².